The van der Waals surface area contributed by atoms with E-state index in [0.717, 1.165) is 12.8 Å². The van der Waals surface area contributed by atoms with Gasteiger partial charge in [-0.05, 0) is 12.8 Å². The first-order chi connectivity index (χ1) is 16.6. The molecule has 0 aliphatic heterocycles. The van der Waals surface area contributed by atoms with Crippen molar-refractivity contribution in [3.63, 3.8) is 0 Å². The molecule has 0 aromatic carbocycles. The molecule has 0 radical (unpaired) electrons. The molecular weight excluding hydrogens is 463 g/mol. The summed E-state index contributed by atoms with van der Waals surface area (Å²) in [5.74, 6) is -0.591. The van der Waals surface area contributed by atoms with Crippen molar-refractivity contribution >= 4 is 13.5 Å². The normalized spacial score (nSPS) is 14.6. The van der Waals surface area contributed by atoms with Crippen molar-refractivity contribution in [2.24, 2.45) is 5.92 Å². The van der Waals surface area contributed by atoms with Crippen molar-refractivity contribution in [2.75, 3.05) is 60.7 Å². The van der Waals surface area contributed by atoms with E-state index in [9.17, 15) is 14.3 Å². The Balaban J connectivity index is 3.80. The number of rotatable bonds is 25. The molecule has 1 unspecified atom stereocenters. The second-order valence-electron chi connectivity index (χ2n) is 11.0. The van der Waals surface area contributed by atoms with Crippen LogP contribution in [0.25, 0.3) is 0 Å². The minimum Gasteiger partial charge on any atom is -0.381 e. The summed E-state index contributed by atoms with van der Waals surface area (Å²) in [6, 6.07) is 0. The minimum atomic E-state index is -3.70. The average molecular weight is 522 g/mol. The molecule has 7 nitrogen and oxygen atoms in total. The molecule has 0 aromatic rings. The molecule has 2 atom stereocenters. The fraction of sp³-hybridized carbons (Fsp3) is 0.963. The molecular formula is C27H58N2O5P+. The van der Waals surface area contributed by atoms with Gasteiger partial charge in [0, 0.05) is 13.7 Å². The lowest BCUT2D eigenvalue weighted by Crippen LogP contribution is -2.37. The van der Waals surface area contributed by atoms with Gasteiger partial charge in [0.05, 0.1) is 39.8 Å². The Morgan fingerprint density at radius 1 is 0.857 bits per heavy atom. The van der Waals surface area contributed by atoms with Crippen LogP contribution in [0.15, 0.2) is 0 Å². The van der Waals surface area contributed by atoms with Crippen LogP contribution in [0.1, 0.15) is 103 Å². The number of likely N-dealkylation sites (N-methyl/N-ethyl adjacent to an activating group) is 1. The summed E-state index contributed by atoms with van der Waals surface area (Å²) >= 11 is 0. The van der Waals surface area contributed by atoms with Crippen molar-refractivity contribution in [1.82, 2.24) is 5.32 Å². The zero-order valence-electron chi connectivity index (χ0n) is 23.7. The van der Waals surface area contributed by atoms with E-state index in [-0.39, 0.29) is 31.7 Å². The van der Waals surface area contributed by atoms with E-state index in [1.165, 1.54) is 77.0 Å². The molecule has 0 spiro atoms. The minimum absolute atomic E-state index is 0.0373. The van der Waals surface area contributed by atoms with Crippen LogP contribution in [-0.4, -0.2) is 76.0 Å². The Morgan fingerprint density at radius 2 is 1.34 bits per heavy atom. The van der Waals surface area contributed by atoms with Gasteiger partial charge in [-0.1, -0.05) is 90.4 Å². The third-order valence-corrected chi connectivity index (χ3v) is 7.80. The molecule has 0 bridgehead atoms. The van der Waals surface area contributed by atoms with Crippen LogP contribution in [0.3, 0.4) is 0 Å². The van der Waals surface area contributed by atoms with Gasteiger partial charge in [0.25, 0.3) is 0 Å². The maximum Gasteiger partial charge on any atom is 0.328 e. The summed E-state index contributed by atoms with van der Waals surface area (Å²) in [7, 11) is 3.89. The fourth-order valence-corrected chi connectivity index (χ4v) is 5.09. The largest absolute Gasteiger partial charge is 0.381 e. The third-order valence-electron chi connectivity index (χ3n) is 6.39. The van der Waals surface area contributed by atoms with E-state index >= 15 is 0 Å². The van der Waals surface area contributed by atoms with Gasteiger partial charge in [0.15, 0.2) is 0 Å². The van der Waals surface area contributed by atoms with Crippen molar-refractivity contribution < 1.29 is 28.0 Å². The van der Waals surface area contributed by atoms with E-state index in [1.807, 2.05) is 21.1 Å². The predicted octanol–water partition coefficient (Wildman–Crippen LogP) is 6.14. The highest BCUT2D eigenvalue weighted by Gasteiger charge is 2.26. The first-order valence-electron chi connectivity index (χ1n) is 14.2. The second-order valence-corrected chi connectivity index (χ2v) is 13.0. The molecule has 1 amide bonds. The average Bonchev–Trinajstić information content (AvgIpc) is 2.79. The first kappa shape index (κ1) is 34.5. The molecule has 2 N–H and O–H groups in total. The van der Waals surface area contributed by atoms with Gasteiger partial charge in [-0.25, -0.2) is 0 Å². The smallest absolute Gasteiger partial charge is 0.328 e. The first-order valence-corrected chi connectivity index (χ1v) is 15.9. The highest BCUT2D eigenvalue weighted by molar-refractivity contribution is 7.52. The lowest BCUT2D eigenvalue weighted by atomic mass is 10.0. The predicted molar refractivity (Wildman–Crippen MR) is 147 cm³/mol. The number of quaternary nitrogens is 1. The van der Waals surface area contributed by atoms with Crippen LogP contribution < -0.4 is 5.32 Å². The van der Waals surface area contributed by atoms with Crippen LogP contribution in [0, 0.1) is 5.92 Å². The van der Waals surface area contributed by atoms with Crippen molar-refractivity contribution in [3.05, 3.63) is 0 Å². The maximum atomic E-state index is 12.3. The third kappa shape index (κ3) is 23.7. The van der Waals surface area contributed by atoms with Gasteiger partial charge < -0.3 is 24.0 Å². The number of amides is 1. The molecule has 8 heteroatoms. The molecule has 0 aliphatic rings. The number of carbonyl (C=O) groups is 1. The van der Waals surface area contributed by atoms with Crippen LogP contribution in [0.5, 0.6) is 0 Å². The standard InChI is InChI=1S/C27H57N2O5P/c1-6-7-8-9-10-11-12-13-14-15-16-17-18-19-22-33-25-26(27(30)28-2)20-24-35(31,32)34-23-21-29(3,4)5/h26H,6-25H2,1-5H3,(H-,28,30,31,32)/p+1/t26-/m0/s1. The fourth-order valence-electron chi connectivity index (χ4n) is 3.96. The van der Waals surface area contributed by atoms with Crippen molar-refractivity contribution in [3.8, 4) is 0 Å². The molecule has 0 rings (SSSR count). The Hall–Kier alpha value is -0.460. The molecule has 210 valence electrons. The van der Waals surface area contributed by atoms with E-state index < -0.39 is 13.5 Å². The van der Waals surface area contributed by atoms with Crippen molar-refractivity contribution in [2.45, 2.75) is 103 Å². The molecule has 35 heavy (non-hydrogen) atoms. The Morgan fingerprint density at radius 3 is 1.80 bits per heavy atom. The van der Waals surface area contributed by atoms with Crippen LogP contribution in [0.4, 0.5) is 0 Å². The molecule has 0 aliphatic carbocycles. The highest BCUT2D eigenvalue weighted by atomic mass is 31.2. The molecule has 0 heterocycles. The number of carbonyl (C=O) groups excluding carboxylic acids is 1. The Bertz CT molecular complexity index is 554. The van der Waals surface area contributed by atoms with E-state index in [4.69, 9.17) is 9.26 Å². The van der Waals surface area contributed by atoms with Crippen LogP contribution in [-0.2, 0) is 18.6 Å². The van der Waals surface area contributed by atoms with Gasteiger partial charge in [0.2, 0.25) is 5.91 Å². The summed E-state index contributed by atoms with van der Waals surface area (Å²) in [4.78, 5) is 22.2. The number of nitrogens with one attached hydrogen (secondary N) is 1. The van der Waals surface area contributed by atoms with E-state index in [2.05, 4.69) is 12.2 Å². The van der Waals surface area contributed by atoms with Gasteiger partial charge in [0.1, 0.15) is 13.2 Å². The molecule has 0 aromatic heterocycles. The van der Waals surface area contributed by atoms with Crippen LogP contribution in [0.2, 0.25) is 0 Å². The molecule has 0 saturated carbocycles. The number of hydrogen-bond donors (Lipinski definition) is 2. The monoisotopic (exact) mass is 521 g/mol. The van der Waals surface area contributed by atoms with Gasteiger partial charge in [-0.15, -0.1) is 0 Å². The zero-order chi connectivity index (χ0) is 26.4. The molecule has 0 saturated heterocycles. The zero-order valence-corrected chi connectivity index (χ0v) is 24.6. The lowest BCUT2D eigenvalue weighted by Gasteiger charge is -2.24. The summed E-state index contributed by atoms with van der Waals surface area (Å²) in [6.07, 6.45) is 18.7. The molecule has 0 fully saturated rings. The van der Waals surface area contributed by atoms with Gasteiger partial charge in [-0.3, -0.25) is 9.36 Å². The number of nitrogens with zero attached hydrogens (tertiary/aromatic N) is 1. The lowest BCUT2D eigenvalue weighted by molar-refractivity contribution is -0.870. The summed E-state index contributed by atoms with van der Waals surface area (Å²) in [5.41, 5.74) is 0. The topological polar surface area (TPSA) is 84.9 Å². The van der Waals surface area contributed by atoms with Crippen LogP contribution >= 0.6 is 7.60 Å². The Labute approximate surface area is 216 Å². The summed E-state index contributed by atoms with van der Waals surface area (Å²) in [5, 5.41) is 2.64. The summed E-state index contributed by atoms with van der Waals surface area (Å²) in [6.45, 7) is 4.03. The number of hydrogen-bond acceptors (Lipinski definition) is 4. The quantitative estimate of drug-likeness (QED) is 0.0856. The Kier molecular flexibility index (Phi) is 21.3. The van der Waals surface area contributed by atoms with Crippen molar-refractivity contribution in [1.29, 1.82) is 0 Å². The number of unbranched alkanes of at least 4 members (excludes halogenated alkanes) is 13. The summed E-state index contributed by atoms with van der Waals surface area (Å²) < 4.78 is 23.9. The van der Waals surface area contributed by atoms with Gasteiger partial charge >= 0.3 is 7.60 Å². The van der Waals surface area contributed by atoms with Gasteiger partial charge in [-0.2, -0.15) is 0 Å². The van der Waals surface area contributed by atoms with E-state index in [0.29, 0.717) is 17.6 Å². The van der Waals surface area contributed by atoms with E-state index in [1.54, 1.807) is 7.05 Å². The highest BCUT2D eigenvalue weighted by Crippen LogP contribution is 2.43. The number of ether oxygens (including phenoxy) is 1. The maximum absolute atomic E-state index is 12.3. The second kappa shape index (κ2) is 21.6. The SMILES string of the molecule is CCCCCCCCCCCCCCCCOC[C@H](CCP(=O)(O)OCC[N+](C)(C)C)C(=O)NC.